The Kier molecular flexibility index (Phi) is 4.03. The Balaban J connectivity index is 2.25. The van der Waals surface area contributed by atoms with Gasteiger partial charge in [-0.05, 0) is 52.3 Å². The van der Waals surface area contributed by atoms with Crippen molar-refractivity contribution in [3.05, 3.63) is 29.6 Å². The molecule has 1 aliphatic rings. The van der Waals surface area contributed by atoms with Crippen LogP contribution in [0.5, 0.6) is 0 Å². The first-order valence-corrected chi connectivity index (χ1v) is 6.85. The molecule has 0 bridgehead atoms. The Morgan fingerprint density at radius 1 is 1.56 bits per heavy atom. The van der Waals surface area contributed by atoms with E-state index in [1.165, 1.54) is 11.3 Å². The van der Waals surface area contributed by atoms with E-state index >= 15 is 0 Å². The van der Waals surface area contributed by atoms with Crippen LogP contribution < -0.4 is 5.32 Å². The highest BCUT2D eigenvalue weighted by Gasteiger charge is 2.39. The lowest BCUT2D eigenvalue weighted by atomic mass is 9.85. The standard InChI is InChI=1S/C15H24N2O/c1-5-18-15(2,3)14(16-4)12-9-8-11-7-6-10-17-13(11)12/h6-7,10,12,14,16H,5,8-9H2,1-4H3. The summed E-state index contributed by atoms with van der Waals surface area (Å²) in [5.41, 5.74) is 2.48. The highest BCUT2D eigenvalue weighted by molar-refractivity contribution is 5.30. The average molecular weight is 248 g/mol. The van der Waals surface area contributed by atoms with Gasteiger partial charge in [-0.1, -0.05) is 6.07 Å². The number of likely N-dealkylation sites (N-methyl/N-ethyl adjacent to an activating group) is 1. The van der Waals surface area contributed by atoms with Crippen molar-refractivity contribution in [2.75, 3.05) is 13.7 Å². The van der Waals surface area contributed by atoms with Gasteiger partial charge in [-0.3, -0.25) is 4.98 Å². The summed E-state index contributed by atoms with van der Waals surface area (Å²) in [6.07, 6.45) is 4.19. The van der Waals surface area contributed by atoms with E-state index in [1.807, 2.05) is 19.3 Å². The molecule has 3 nitrogen and oxygen atoms in total. The normalized spacial score (nSPS) is 20.8. The fraction of sp³-hybridized carbons (Fsp3) is 0.667. The number of nitrogens with one attached hydrogen (secondary N) is 1. The van der Waals surface area contributed by atoms with E-state index in [4.69, 9.17) is 4.74 Å². The molecule has 1 aromatic heterocycles. The summed E-state index contributed by atoms with van der Waals surface area (Å²) in [7, 11) is 2.02. The number of ether oxygens (including phenoxy) is 1. The fourth-order valence-electron chi connectivity index (χ4n) is 3.26. The van der Waals surface area contributed by atoms with E-state index in [9.17, 15) is 0 Å². The molecule has 2 rings (SSSR count). The molecule has 100 valence electrons. The summed E-state index contributed by atoms with van der Waals surface area (Å²) < 4.78 is 5.92. The van der Waals surface area contributed by atoms with Gasteiger partial charge in [0.2, 0.25) is 0 Å². The maximum Gasteiger partial charge on any atom is 0.0785 e. The van der Waals surface area contributed by atoms with Crippen LogP contribution >= 0.6 is 0 Å². The third-order valence-corrected chi connectivity index (χ3v) is 3.98. The lowest BCUT2D eigenvalue weighted by molar-refractivity contribution is -0.0432. The minimum atomic E-state index is -0.173. The number of hydrogen-bond donors (Lipinski definition) is 1. The molecule has 0 spiro atoms. The summed E-state index contributed by atoms with van der Waals surface area (Å²) in [4.78, 5) is 4.59. The third-order valence-electron chi connectivity index (χ3n) is 3.98. The van der Waals surface area contributed by atoms with Gasteiger partial charge in [0.05, 0.1) is 5.60 Å². The van der Waals surface area contributed by atoms with Crippen LogP contribution in [0.1, 0.15) is 44.4 Å². The third kappa shape index (κ3) is 2.43. The number of pyridine rings is 1. The monoisotopic (exact) mass is 248 g/mol. The molecule has 1 heterocycles. The zero-order valence-corrected chi connectivity index (χ0v) is 11.9. The summed E-state index contributed by atoms with van der Waals surface area (Å²) >= 11 is 0. The van der Waals surface area contributed by atoms with E-state index < -0.39 is 0 Å². The molecule has 2 atom stereocenters. The number of nitrogens with zero attached hydrogens (tertiary/aromatic N) is 1. The van der Waals surface area contributed by atoms with Crippen LogP contribution in [-0.2, 0) is 11.2 Å². The van der Waals surface area contributed by atoms with Crippen LogP contribution in [0.4, 0.5) is 0 Å². The van der Waals surface area contributed by atoms with Gasteiger partial charge in [0, 0.05) is 30.5 Å². The van der Waals surface area contributed by atoms with Crippen LogP contribution in [0.25, 0.3) is 0 Å². The molecule has 3 heteroatoms. The smallest absolute Gasteiger partial charge is 0.0785 e. The van der Waals surface area contributed by atoms with E-state index in [2.05, 4.69) is 37.1 Å². The zero-order valence-electron chi connectivity index (χ0n) is 11.9. The van der Waals surface area contributed by atoms with Gasteiger partial charge in [-0.25, -0.2) is 0 Å². The lowest BCUT2D eigenvalue weighted by Gasteiger charge is -2.37. The molecule has 1 aliphatic carbocycles. The van der Waals surface area contributed by atoms with Gasteiger partial charge >= 0.3 is 0 Å². The first-order chi connectivity index (χ1) is 8.60. The Bertz CT molecular complexity index is 403. The van der Waals surface area contributed by atoms with Gasteiger partial charge in [-0.2, -0.15) is 0 Å². The molecule has 0 saturated heterocycles. The van der Waals surface area contributed by atoms with Crippen LogP contribution in [0.3, 0.4) is 0 Å². The van der Waals surface area contributed by atoms with Gasteiger partial charge in [0.1, 0.15) is 0 Å². The maximum absolute atomic E-state index is 5.92. The lowest BCUT2D eigenvalue weighted by Crippen LogP contribution is -2.50. The Labute approximate surface area is 110 Å². The molecule has 0 fully saturated rings. The SMILES string of the molecule is CCOC(C)(C)C(NC)C1CCc2cccnc21. The summed E-state index contributed by atoms with van der Waals surface area (Å²) in [5.74, 6) is 0.452. The molecular weight excluding hydrogens is 224 g/mol. The van der Waals surface area contributed by atoms with Crippen LogP contribution in [-0.4, -0.2) is 30.3 Å². The van der Waals surface area contributed by atoms with Crippen LogP contribution in [0, 0.1) is 0 Å². The van der Waals surface area contributed by atoms with Crippen molar-refractivity contribution in [3.8, 4) is 0 Å². The highest BCUT2D eigenvalue weighted by Crippen LogP contribution is 2.38. The van der Waals surface area contributed by atoms with Crippen LogP contribution in [0.15, 0.2) is 18.3 Å². The van der Waals surface area contributed by atoms with Crippen molar-refractivity contribution >= 4 is 0 Å². The summed E-state index contributed by atoms with van der Waals surface area (Å²) in [5, 5.41) is 3.44. The van der Waals surface area contributed by atoms with Crippen molar-refractivity contribution in [3.63, 3.8) is 0 Å². The van der Waals surface area contributed by atoms with Gasteiger partial charge in [-0.15, -0.1) is 0 Å². The number of aryl methyl sites for hydroxylation is 1. The summed E-state index contributed by atoms with van der Waals surface area (Å²) in [6, 6.07) is 4.53. The predicted octanol–water partition coefficient (Wildman–Crippen LogP) is 2.51. The predicted molar refractivity (Wildman–Crippen MR) is 73.9 cm³/mol. The molecule has 18 heavy (non-hydrogen) atoms. The number of rotatable bonds is 5. The van der Waals surface area contributed by atoms with E-state index in [0.29, 0.717) is 12.0 Å². The minimum absolute atomic E-state index is 0.173. The zero-order chi connectivity index (χ0) is 13.2. The molecule has 0 saturated carbocycles. The quantitative estimate of drug-likeness (QED) is 0.869. The Morgan fingerprint density at radius 3 is 3.00 bits per heavy atom. The molecule has 0 amide bonds. The number of fused-ring (bicyclic) bond motifs is 1. The highest BCUT2D eigenvalue weighted by atomic mass is 16.5. The first kappa shape index (κ1) is 13.5. The molecule has 0 aromatic carbocycles. The van der Waals surface area contributed by atoms with Crippen molar-refractivity contribution < 1.29 is 4.74 Å². The summed E-state index contributed by atoms with van der Waals surface area (Å²) in [6.45, 7) is 7.12. The second-order valence-electron chi connectivity index (χ2n) is 5.50. The number of hydrogen-bond acceptors (Lipinski definition) is 3. The van der Waals surface area contributed by atoms with E-state index in [1.54, 1.807) is 0 Å². The van der Waals surface area contributed by atoms with Crippen LogP contribution in [0.2, 0.25) is 0 Å². The van der Waals surface area contributed by atoms with Crippen molar-refractivity contribution in [1.29, 1.82) is 0 Å². The van der Waals surface area contributed by atoms with Crippen molar-refractivity contribution in [2.45, 2.75) is 51.2 Å². The number of aromatic nitrogens is 1. The molecule has 0 aliphatic heterocycles. The van der Waals surface area contributed by atoms with Crippen molar-refractivity contribution in [1.82, 2.24) is 10.3 Å². The van der Waals surface area contributed by atoms with Crippen molar-refractivity contribution in [2.24, 2.45) is 0 Å². The van der Waals surface area contributed by atoms with Gasteiger partial charge in [0.15, 0.2) is 0 Å². The maximum atomic E-state index is 5.92. The molecular formula is C15H24N2O. The molecule has 2 unspecified atom stereocenters. The largest absolute Gasteiger partial charge is 0.374 e. The van der Waals surface area contributed by atoms with Gasteiger partial charge in [0.25, 0.3) is 0 Å². The average Bonchev–Trinajstić information content (AvgIpc) is 2.74. The Morgan fingerprint density at radius 2 is 2.33 bits per heavy atom. The minimum Gasteiger partial charge on any atom is -0.374 e. The van der Waals surface area contributed by atoms with E-state index in [-0.39, 0.29) is 5.60 Å². The second-order valence-corrected chi connectivity index (χ2v) is 5.50. The molecule has 1 aromatic rings. The molecule has 1 N–H and O–H groups in total. The first-order valence-electron chi connectivity index (χ1n) is 6.85. The van der Waals surface area contributed by atoms with E-state index in [0.717, 1.165) is 19.4 Å². The topological polar surface area (TPSA) is 34.1 Å². The Hall–Kier alpha value is -0.930. The second kappa shape index (κ2) is 5.37. The van der Waals surface area contributed by atoms with Gasteiger partial charge < -0.3 is 10.1 Å². The fourth-order valence-corrected chi connectivity index (χ4v) is 3.26. The molecule has 0 radical (unpaired) electrons.